The minimum Gasteiger partial charge on any atom is -0.366 e. The molecule has 2 heterocycles. The zero-order chi connectivity index (χ0) is 17.1. The summed E-state index contributed by atoms with van der Waals surface area (Å²) in [4.78, 5) is 16.6. The lowest BCUT2D eigenvalue weighted by Gasteiger charge is -2.25. The SMILES string of the molecule is CC(c1ccc(F)cc1)N1CCC(Nc2ccc([N+](=O)[O-])cn2)C1. The Morgan fingerprint density at radius 1 is 1.33 bits per heavy atom. The van der Waals surface area contributed by atoms with E-state index in [1.54, 1.807) is 6.07 Å². The zero-order valence-corrected chi connectivity index (χ0v) is 13.4. The van der Waals surface area contributed by atoms with Crippen LogP contribution in [0.5, 0.6) is 0 Å². The van der Waals surface area contributed by atoms with Gasteiger partial charge in [-0.3, -0.25) is 15.0 Å². The van der Waals surface area contributed by atoms with Gasteiger partial charge < -0.3 is 5.32 Å². The molecule has 2 atom stereocenters. The van der Waals surface area contributed by atoms with Crippen molar-refractivity contribution in [1.82, 2.24) is 9.88 Å². The van der Waals surface area contributed by atoms with E-state index < -0.39 is 4.92 Å². The van der Waals surface area contributed by atoms with Crippen LogP contribution < -0.4 is 5.32 Å². The fraction of sp³-hybridized carbons (Fsp3) is 0.353. The number of benzene rings is 1. The number of rotatable bonds is 5. The molecule has 1 aromatic carbocycles. The van der Waals surface area contributed by atoms with Gasteiger partial charge in [0.15, 0.2) is 0 Å². The number of nitrogens with zero attached hydrogens (tertiary/aromatic N) is 3. The molecule has 2 unspecified atom stereocenters. The van der Waals surface area contributed by atoms with E-state index >= 15 is 0 Å². The fourth-order valence-electron chi connectivity index (χ4n) is 3.00. The highest BCUT2D eigenvalue weighted by molar-refractivity contribution is 5.41. The molecule has 0 bridgehead atoms. The van der Waals surface area contributed by atoms with E-state index in [-0.39, 0.29) is 23.6 Å². The molecule has 7 heteroatoms. The molecule has 126 valence electrons. The van der Waals surface area contributed by atoms with E-state index in [4.69, 9.17) is 0 Å². The summed E-state index contributed by atoms with van der Waals surface area (Å²) in [6.07, 6.45) is 2.22. The summed E-state index contributed by atoms with van der Waals surface area (Å²) >= 11 is 0. The maximum Gasteiger partial charge on any atom is 0.287 e. The smallest absolute Gasteiger partial charge is 0.287 e. The van der Waals surface area contributed by atoms with Gasteiger partial charge in [0, 0.05) is 31.2 Å². The Morgan fingerprint density at radius 3 is 2.71 bits per heavy atom. The fourth-order valence-corrected chi connectivity index (χ4v) is 3.00. The van der Waals surface area contributed by atoms with Gasteiger partial charge >= 0.3 is 0 Å². The van der Waals surface area contributed by atoms with Gasteiger partial charge in [0.1, 0.15) is 17.8 Å². The van der Waals surface area contributed by atoms with Crippen molar-refractivity contribution in [2.45, 2.75) is 25.4 Å². The Labute approximate surface area is 139 Å². The summed E-state index contributed by atoms with van der Waals surface area (Å²) in [6.45, 7) is 3.89. The molecule has 0 aliphatic carbocycles. The Bertz CT molecular complexity index is 706. The van der Waals surface area contributed by atoms with E-state index in [1.165, 1.54) is 24.4 Å². The van der Waals surface area contributed by atoms with E-state index in [2.05, 4.69) is 22.1 Å². The van der Waals surface area contributed by atoms with Gasteiger partial charge in [0.2, 0.25) is 0 Å². The van der Waals surface area contributed by atoms with E-state index in [0.717, 1.165) is 25.1 Å². The summed E-state index contributed by atoms with van der Waals surface area (Å²) < 4.78 is 13.0. The molecule has 1 aliphatic rings. The average Bonchev–Trinajstić information content (AvgIpc) is 3.04. The third-order valence-corrected chi connectivity index (χ3v) is 4.43. The number of nitro groups is 1. The maximum absolute atomic E-state index is 13.0. The molecular formula is C17H19FN4O2. The van der Waals surface area contributed by atoms with Crippen LogP contribution in [0, 0.1) is 15.9 Å². The highest BCUT2D eigenvalue weighted by Crippen LogP contribution is 2.26. The number of likely N-dealkylation sites (tertiary alicyclic amines) is 1. The Balaban J connectivity index is 1.58. The molecule has 6 nitrogen and oxygen atoms in total. The number of anilines is 1. The van der Waals surface area contributed by atoms with Crippen molar-refractivity contribution >= 4 is 11.5 Å². The molecule has 3 rings (SSSR count). The van der Waals surface area contributed by atoms with Crippen molar-refractivity contribution in [3.63, 3.8) is 0 Å². The van der Waals surface area contributed by atoms with Gasteiger partial charge in [0.25, 0.3) is 5.69 Å². The summed E-state index contributed by atoms with van der Waals surface area (Å²) in [7, 11) is 0. The molecule has 0 radical (unpaired) electrons. The second-order valence-electron chi connectivity index (χ2n) is 6.01. The summed E-state index contributed by atoms with van der Waals surface area (Å²) in [6, 6.07) is 10.1. The predicted molar refractivity (Wildman–Crippen MR) is 89.3 cm³/mol. The first-order valence-corrected chi connectivity index (χ1v) is 7.89. The first-order chi connectivity index (χ1) is 11.5. The minimum atomic E-state index is -0.460. The van der Waals surface area contributed by atoms with Crippen LogP contribution in [0.3, 0.4) is 0 Å². The van der Waals surface area contributed by atoms with Gasteiger partial charge in [-0.25, -0.2) is 9.37 Å². The Hall–Kier alpha value is -2.54. The predicted octanol–water partition coefficient (Wildman–Crippen LogP) is 3.38. The van der Waals surface area contributed by atoms with Gasteiger partial charge in [-0.1, -0.05) is 12.1 Å². The number of aromatic nitrogens is 1. The summed E-state index contributed by atoms with van der Waals surface area (Å²) in [5.41, 5.74) is 1.07. The second kappa shape index (κ2) is 6.92. The van der Waals surface area contributed by atoms with Crippen molar-refractivity contribution in [1.29, 1.82) is 0 Å². The number of nitrogens with one attached hydrogen (secondary N) is 1. The van der Waals surface area contributed by atoms with Crippen molar-refractivity contribution in [2.24, 2.45) is 0 Å². The number of pyridine rings is 1. The topological polar surface area (TPSA) is 71.3 Å². The molecule has 2 aromatic rings. The molecule has 0 spiro atoms. The van der Waals surface area contributed by atoms with Crippen molar-refractivity contribution in [3.8, 4) is 0 Å². The summed E-state index contributed by atoms with van der Waals surface area (Å²) in [5, 5.41) is 14.0. The number of hydrogen-bond acceptors (Lipinski definition) is 5. The second-order valence-corrected chi connectivity index (χ2v) is 6.01. The monoisotopic (exact) mass is 330 g/mol. The van der Waals surface area contributed by atoms with Crippen LogP contribution in [0.1, 0.15) is 24.9 Å². The third-order valence-electron chi connectivity index (χ3n) is 4.43. The van der Waals surface area contributed by atoms with Crippen LogP contribution in [0.15, 0.2) is 42.6 Å². The van der Waals surface area contributed by atoms with E-state index in [0.29, 0.717) is 5.82 Å². The first-order valence-electron chi connectivity index (χ1n) is 7.89. The summed E-state index contributed by atoms with van der Waals surface area (Å²) in [5.74, 6) is 0.415. The third kappa shape index (κ3) is 3.68. The van der Waals surface area contributed by atoms with Crippen LogP contribution in [0.2, 0.25) is 0 Å². The average molecular weight is 330 g/mol. The van der Waals surface area contributed by atoms with E-state index in [9.17, 15) is 14.5 Å². The Morgan fingerprint density at radius 2 is 2.08 bits per heavy atom. The molecule has 1 aliphatic heterocycles. The minimum absolute atomic E-state index is 0.0152. The van der Waals surface area contributed by atoms with Crippen molar-refractivity contribution in [3.05, 3.63) is 64.1 Å². The van der Waals surface area contributed by atoms with Crippen molar-refractivity contribution < 1.29 is 9.31 Å². The lowest BCUT2D eigenvalue weighted by atomic mass is 10.1. The molecular weight excluding hydrogens is 311 g/mol. The highest BCUT2D eigenvalue weighted by Gasteiger charge is 2.27. The molecule has 0 saturated carbocycles. The quantitative estimate of drug-likeness (QED) is 0.672. The standard InChI is InChI=1S/C17H19FN4O2/c1-12(13-2-4-14(18)5-3-13)21-9-8-15(11-21)20-17-7-6-16(10-19-17)22(23)24/h2-7,10,12,15H,8-9,11H2,1H3,(H,19,20). The zero-order valence-electron chi connectivity index (χ0n) is 13.4. The molecule has 1 saturated heterocycles. The first kappa shape index (κ1) is 16.3. The van der Waals surface area contributed by atoms with Gasteiger partial charge in [0.05, 0.1) is 4.92 Å². The maximum atomic E-state index is 13.0. The van der Waals surface area contributed by atoms with Crippen LogP contribution >= 0.6 is 0 Å². The van der Waals surface area contributed by atoms with Crippen LogP contribution in [0.4, 0.5) is 15.9 Å². The molecule has 1 fully saturated rings. The largest absolute Gasteiger partial charge is 0.366 e. The molecule has 1 aromatic heterocycles. The van der Waals surface area contributed by atoms with Gasteiger partial charge in [-0.05, 0) is 37.1 Å². The van der Waals surface area contributed by atoms with Crippen LogP contribution in [-0.2, 0) is 0 Å². The number of halogens is 1. The van der Waals surface area contributed by atoms with Crippen LogP contribution in [-0.4, -0.2) is 33.9 Å². The lowest BCUT2D eigenvalue weighted by Crippen LogP contribution is -2.28. The van der Waals surface area contributed by atoms with E-state index in [1.807, 2.05) is 12.1 Å². The normalized spacial score (nSPS) is 19.2. The molecule has 1 N–H and O–H groups in total. The molecule has 24 heavy (non-hydrogen) atoms. The molecule has 0 amide bonds. The Kier molecular flexibility index (Phi) is 4.71. The highest BCUT2D eigenvalue weighted by atomic mass is 19.1. The van der Waals surface area contributed by atoms with Gasteiger partial charge in [-0.2, -0.15) is 0 Å². The number of hydrogen-bond donors (Lipinski definition) is 1. The van der Waals surface area contributed by atoms with Gasteiger partial charge in [-0.15, -0.1) is 0 Å². The lowest BCUT2D eigenvalue weighted by molar-refractivity contribution is -0.385. The van der Waals surface area contributed by atoms with Crippen LogP contribution in [0.25, 0.3) is 0 Å². The van der Waals surface area contributed by atoms with Crippen molar-refractivity contribution in [2.75, 3.05) is 18.4 Å².